The first kappa shape index (κ1) is 16.0. The molecule has 2 heterocycles. The summed E-state index contributed by atoms with van der Waals surface area (Å²) >= 11 is 0. The minimum absolute atomic E-state index is 0.0729. The van der Waals surface area contributed by atoms with Crippen molar-refractivity contribution in [3.63, 3.8) is 0 Å². The molecule has 1 atom stereocenters. The summed E-state index contributed by atoms with van der Waals surface area (Å²) < 4.78 is 16.4. The molecular weight excluding hydrogens is 329 g/mol. The number of halogens is 1. The Hall–Kier alpha value is -2.45. The maximum Gasteiger partial charge on any atom is 0.341 e. The number of aliphatic hydroxyl groups excluding tert-OH is 1. The summed E-state index contributed by atoms with van der Waals surface area (Å²) in [6.45, 7) is 1.29. The molecule has 1 aliphatic heterocycles. The molecule has 25 heavy (non-hydrogen) atoms. The van der Waals surface area contributed by atoms with Crippen LogP contribution in [0.5, 0.6) is 0 Å². The minimum Gasteiger partial charge on any atom is -0.477 e. The smallest absolute Gasteiger partial charge is 0.341 e. The molecule has 2 aliphatic rings. The molecule has 7 nitrogen and oxygen atoms in total. The van der Waals surface area contributed by atoms with Gasteiger partial charge in [-0.05, 0) is 25.0 Å². The molecule has 0 spiro atoms. The number of β-amino-alcohol motifs (C(OH)–C–C–N with tert-alkyl or cyclic N) is 1. The number of carbonyl (C=O) groups is 1. The lowest BCUT2D eigenvalue weighted by atomic mass is 10.1. The van der Waals surface area contributed by atoms with Crippen LogP contribution in [-0.2, 0) is 0 Å². The Morgan fingerprint density at radius 2 is 2.08 bits per heavy atom. The summed E-state index contributed by atoms with van der Waals surface area (Å²) in [7, 11) is 0. The van der Waals surface area contributed by atoms with Crippen LogP contribution in [0.4, 0.5) is 10.1 Å². The van der Waals surface area contributed by atoms with Crippen LogP contribution < -0.4 is 15.6 Å². The van der Waals surface area contributed by atoms with Crippen molar-refractivity contribution in [3.05, 3.63) is 39.9 Å². The third kappa shape index (κ3) is 2.77. The number of hydrogen-bond donors (Lipinski definition) is 3. The first-order valence-corrected chi connectivity index (χ1v) is 8.24. The molecule has 1 unspecified atom stereocenters. The monoisotopic (exact) mass is 347 g/mol. The van der Waals surface area contributed by atoms with E-state index >= 15 is 0 Å². The molecule has 1 saturated carbocycles. The Bertz CT molecular complexity index is 922. The Labute approximate surface area is 142 Å². The molecule has 2 fully saturated rings. The normalized spacial score (nSPS) is 20.9. The molecule has 0 radical (unpaired) electrons. The number of fused-ring (bicyclic) bond motifs is 1. The maximum absolute atomic E-state index is 14.7. The van der Waals surface area contributed by atoms with E-state index in [1.165, 1.54) is 6.20 Å². The molecule has 132 valence electrons. The molecule has 1 aromatic carbocycles. The van der Waals surface area contributed by atoms with Gasteiger partial charge in [0.15, 0.2) is 0 Å². The zero-order valence-corrected chi connectivity index (χ0v) is 13.4. The topological polar surface area (TPSA) is 94.8 Å². The Kier molecular flexibility index (Phi) is 3.73. The average Bonchev–Trinajstić information content (AvgIpc) is 3.39. The number of aromatic nitrogens is 1. The number of aliphatic hydroxyl groups is 1. The highest BCUT2D eigenvalue weighted by molar-refractivity contribution is 5.93. The lowest BCUT2D eigenvalue weighted by molar-refractivity contribution is 0.0694. The van der Waals surface area contributed by atoms with E-state index in [0.29, 0.717) is 24.3 Å². The fraction of sp³-hybridized carbons (Fsp3) is 0.412. The van der Waals surface area contributed by atoms with Crippen LogP contribution in [0, 0.1) is 5.82 Å². The van der Waals surface area contributed by atoms with E-state index in [9.17, 15) is 24.2 Å². The molecule has 4 rings (SSSR count). The quantitative estimate of drug-likeness (QED) is 0.764. The number of pyridine rings is 1. The molecule has 0 amide bonds. The highest BCUT2D eigenvalue weighted by Crippen LogP contribution is 2.38. The largest absolute Gasteiger partial charge is 0.477 e. The standard InChI is InChI=1S/C17H18FN3O4/c18-12-5-10-13(6-14(12)20-4-3-19-15(22)8-20)21(9-1-2-9)7-11(16(10)23)17(24)25/h5-7,9,15,19,22H,1-4,8H2,(H,24,25). The van der Waals surface area contributed by atoms with Crippen LogP contribution in [0.15, 0.2) is 23.1 Å². The van der Waals surface area contributed by atoms with Gasteiger partial charge >= 0.3 is 5.97 Å². The van der Waals surface area contributed by atoms with Crippen LogP contribution in [0.2, 0.25) is 0 Å². The number of nitrogens with zero attached hydrogens (tertiary/aromatic N) is 2. The molecule has 1 aromatic heterocycles. The van der Waals surface area contributed by atoms with Crippen LogP contribution >= 0.6 is 0 Å². The number of aromatic carboxylic acids is 1. The SMILES string of the molecule is O=C(O)c1cn(C2CC2)c2cc(N3CCNC(O)C3)c(F)cc2c1=O. The van der Waals surface area contributed by atoms with Gasteiger partial charge in [-0.25, -0.2) is 9.18 Å². The molecular formula is C17H18FN3O4. The average molecular weight is 347 g/mol. The van der Waals surface area contributed by atoms with Gasteiger partial charge in [0.1, 0.15) is 17.6 Å². The number of hydrogen-bond acceptors (Lipinski definition) is 5. The second-order valence-electron chi connectivity index (χ2n) is 6.55. The number of carboxylic acids is 1. The Morgan fingerprint density at radius 3 is 2.72 bits per heavy atom. The predicted octanol–water partition coefficient (Wildman–Crippen LogP) is 0.902. The van der Waals surface area contributed by atoms with E-state index in [2.05, 4.69) is 5.32 Å². The lowest BCUT2D eigenvalue weighted by Crippen LogP contribution is -2.50. The van der Waals surface area contributed by atoms with Crippen molar-refractivity contribution in [2.75, 3.05) is 24.5 Å². The van der Waals surface area contributed by atoms with E-state index < -0.39 is 23.4 Å². The zero-order valence-electron chi connectivity index (χ0n) is 13.4. The van der Waals surface area contributed by atoms with E-state index in [1.807, 2.05) is 0 Å². The van der Waals surface area contributed by atoms with Crippen LogP contribution in [0.3, 0.4) is 0 Å². The van der Waals surface area contributed by atoms with Gasteiger partial charge < -0.3 is 19.7 Å². The van der Waals surface area contributed by atoms with Crippen molar-refractivity contribution in [1.29, 1.82) is 0 Å². The molecule has 8 heteroatoms. The predicted molar refractivity (Wildman–Crippen MR) is 89.6 cm³/mol. The third-order valence-electron chi connectivity index (χ3n) is 4.77. The fourth-order valence-electron chi connectivity index (χ4n) is 3.36. The van der Waals surface area contributed by atoms with E-state index in [-0.39, 0.29) is 23.5 Å². The van der Waals surface area contributed by atoms with E-state index in [1.54, 1.807) is 15.5 Å². The number of nitrogens with one attached hydrogen (secondary N) is 1. The van der Waals surface area contributed by atoms with Crippen molar-refractivity contribution < 1.29 is 19.4 Å². The van der Waals surface area contributed by atoms with Crippen LogP contribution in [-0.4, -0.2) is 46.6 Å². The minimum atomic E-state index is -1.31. The Balaban J connectivity index is 1.92. The molecule has 1 saturated heterocycles. The molecule has 2 aromatic rings. The number of rotatable bonds is 3. The molecule has 3 N–H and O–H groups in total. The summed E-state index contributed by atoms with van der Waals surface area (Å²) in [5.41, 5.74) is -0.179. The first-order valence-electron chi connectivity index (χ1n) is 8.24. The number of benzene rings is 1. The highest BCUT2D eigenvalue weighted by atomic mass is 19.1. The summed E-state index contributed by atoms with van der Waals surface area (Å²) in [5.74, 6) is -1.90. The van der Waals surface area contributed by atoms with Gasteiger partial charge in [-0.15, -0.1) is 0 Å². The second kappa shape index (κ2) is 5.82. The van der Waals surface area contributed by atoms with Gasteiger partial charge in [0.25, 0.3) is 0 Å². The fourth-order valence-corrected chi connectivity index (χ4v) is 3.36. The molecule has 0 bridgehead atoms. The zero-order chi connectivity index (χ0) is 17.7. The number of carboxylic acid groups (broad SMARTS) is 1. The van der Waals surface area contributed by atoms with Crippen molar-refractivity contribution in [3.8, 4) is 0 Å². The summed E-state index contributed by atoms with van der Waals surface area (Å²) in [4.78, 5) is 25.5. The second-order valence-corrected chi connectivity index (χ2v) is 6.55. The summed E-state index contributed by atoms with van der Waals surface area (Å²) in [6, 6.07) is 2.84. The highest BCUT2D eigenvalue weighted by Gasteiger charge is 2.28. The number of piperazine rings is 1. The van der Waals surface area contributed by atoms with Gasteiger partial charge in [0, 0.05) is 30.7 Å². The van der Waals surface area contributed by atoms with Crippen LogP contribution in [0.1, 0.15) is 29.2 Å². The summed E-state index contributed by atoms with van der Waals surface area (Å²) in [5, 5.41) is 22.0. The van der Waals surface area contributed by atoms with Crippen molar-refractivity contribution >= 4 is 22.6 Å². The Morgan fingerprint density at radius 1 is 1.32 bits per heavy atom. The third-order valence-corrected chi connectivity index (χ3v) is 4.77. The maximum atomic E-state index is 14.7. The van der Waals surface area contributed by atoms with Gasteiger partial charge in [-0.2, -0.15) is 0 Å². The van der Waals surface area contributed by atoms with Crippen molar-refractivity contribution in [2.24, 2.45) is 0 Å². The summed E-state index contributed by atoms with van der Waals surface area (Å²) in [6.07, 6.45) is 2.41. The van der Waals surface area contributed by atoms with Gasteiger partial charge in [0.2, 0.25) is 5.43 Å². The van der Waals surface area contributed by atoms with E-state index in [4.69, 9.17) is 0 Å². The van der Waals surface area contributed by atoms with E-state index in [0.717, 1.165) is 18.9 Å². The van der Waals surface area contributed by atoms with Gasteiger partial charge in [-0.3, -0.25) is 10.1 Å². The van der Waals surface area contributed by atoms with Crippen molar-refractivity contribution in [2.45, 2.75) is 25.1 Å². The van der Waals surface area contributed by atoms with Gasteiger partial charge in [0.05, 0.1) is 17.7 Å². The van der Waals surface area contributed by atoms with Crippen molar-refractivity contribution in [1.82, 2.24) is 9.88 Å². The first-order chi connectivity index (χ1) is 12.0. The number of anilines is 1. The van der Waals surface area contributed by atoms with Crippen LogP contribution in [0.25, 0.3) is 10.9 Å². The molecule has 1 aliphatic carbocycles. The lowest BCUT2D eigenvalue weighted by Gasteiger charge is -2.33. The van der Waals surface area contributed by atoms with Gasteiger partial charge in [-0.1, -0.05) is 0 Å².